The Labute approximate surface area is 164 Å². The topological polar surface area (TPSA) is 44.5 Å². The van der Waals surface area contributed by atoms with Gasteiger partial charge in [-0.25, -0.2) is 0 Å². The van der Waals surface area contributed by atoms with Gasteiger partial charge in [-0.3, -0.25) is 0 Å². The maximum atomic E-state index is 12.7. The van der Waals surface area contributed by atoms with E-state index in [1.807, 2.05) is 45.9 Å². The Bertz CT molecular complexity index is 769. The van der Waals surface area contributed by atoms with Crippen LogP contribution in [0.2, 0.25) is 0 Å². The molecule has 0 heterocycles. The van der Waals surface area contributed by atoms with Crippen LogP contribution < -0.4 is 15.2 Å². The summed E-state index contributed by atoms with van der Waals surface area (Å²) in [7, 11) is 0. The molecule has 0 aliphatic carbocycles. The van der Waals surface area contributed by atoms with Crippen molar-refractivity contribution in [3.63, 3.8) is 0 Å². The quantitative estimate of drug-likeness (QED) is 0.430. The van der Waals surface area contributed by atoms with Gasteiger partial charge in [-0.1, -0.05) is 13.8 Å². The predicted molar refractivity (Wildman–Crippen MR) is 105 cm³/mol. The van der Waals surface area contributed by atoms with E-state index in [0.717, 1.165) is 9.13 Å². The fourth-order valence-corrected chi connectivity index (χ4v) is 3.30. The predicted octanol–water partition coefficient (Wildman–Crippen LogP) is 5.89. The Balaban J connectivity index is 2.55. The fourth-order valence-electron chi connectivity index (χ4n) is 2.61. The molecule has 26 heavy (non-hydrogen) atoms. The van der Waals surface area contributed by atoms with E-state index >= 15 is 0 Å². The lowest BCUT2D eigenvalue weighted by molar-refractivity contribution is -0.274. The second kappa shape index (κ2) is 7.54. The molecule has 0 fully saturated rings. The lowest BCUT2D eigenvalue weighted by Gasteiger charge is -2.28. The smallest absolute Gasteiger partial charge is 0.491 e. The van der Waals surface area contributed by atoms with Gasteiger partial charge in [0.1, 0.15) is 11.5 Å². The van der Waals surface area contributed by atoms with Gasteiger partial charge >= 0.3 is 6.36 Å². The summed E-state index contributed by atoms with van der Waals surface area (Å²) in [6.07, 6.45) is -4.95. The molecule has 2 rings (SSSR count). The van der Waals surface area contributed by atoms with Crippen LogP contribution in [0.3, 0.4) is 0 Å². The van der Waals surface area contributed by atoms with Gasteiger partial charge in [0.2, 0.25) is 0 Å². The first-order chi connectivity index (χ1) is 11.9. The number of nitrogen functional groups attached to an aromatic ring is 1. The van der Waals surface area contributed by atoms with Crippen LogP contribution in [0.25, 0.3) is 0 Å². The first-order valence-electron chi connectivity index (χ1n) is 8.01. The Morgan fingerprint density at radius 3 is 2.04 bits per heavy atom. The van der Waals surface area contributed by atoms with Crippen LogP contribution in [0, 0.1) is 3.57 Å². The maximum Gasteiger partial charge on any atom is 0.573 e. The van der Waals surface area contributed by atoms with Crippen molar-refractivity contribution in [1.29, 1.82) is 0 Å². The Morgan fingerprint density at radius 2 is 1.50 bits per heavy atom. The highest BCUT2D eigenvalue weighted by Crippen LogP contribution is 2.38. The van der Waals surface area contributed by atoms with E-state index in [1.165, 1.54) is 12.1 Å². The molecule has 0 aliphatic rings. The summed E-state index contributed by atoms with van der Waals surface area (Å²) in [6.45, 7) is 7.46. The Kier molecular flexibility index (Phi) is 5.99. The molecule has 2 aromatic carbocycles. The molecule has 0 aliphatic heterocycles. The van der Waals surface area contributed by atoms with Crippen molar-refractivity contribution in [2.45, 2.75) is 45.6 Å². The number of ether oxygens (including phenoxy) is 2. The van der Waals surface area contributed by atoms with Crippen molar-refractivity contribution in [3.8, 4) is 11.5 Å². The maximum absolute atomic E-state index is 12.7. The summed E-state index contributed by atoms with van der Waals surface area (Å²) in [5.74, 6) is 0.0146. The summed E-state index contributed by atoms with van der Waals surface area (Å²) in [5, 5.41) is 0. The lowest BCUT2D eigenvalue weighted by Crippen LogP contribution is -2.21. The van der Waals surface area contributed by atoms with Crippen LogP contribution in [0.4, 0.5) is 18.9 Å². The molecule has 0 aromatic heterocycles. The number of halogens is 4. The molecule has 2 aromatic rings. The zero-order valence-electron chi connectivity index (χ0n) is 14.9. The molecule has 142 valence electrons. The monoisotopic (exact) mass is 479 g/mol. The van der Waals surface area contributed by atoms with Crippen molar-refractivity contribution >= 4 is 28.3 Å². The van der Waals surface area contributed by atoms with Crippen LogP contribution >= 0.6 is 22.6 Å². The van der Waals surface area contributed by atoms with E-state index in [4.69, 9.17) is 10.5 Å². The molecule has 0 unspecified atom stereocenters. The van der Waals surface area contributed by atoms with Gasteiger partial charge in [0.25, 0.3) is 0 Å². The van der Waals surface area contributed by atoms with Crippen molar-refractivity contribution in [3.05, 3.63) is 51.1 Å². The molecule has 0 bridgehead atoms. The summed E-state index contributed by atoms with van der Waals surface area (Å²) in [5.41, 5.74) is 7.46. The van der Waals surface area contributed by atoms with Crippen LogP contribution in [-0.2, 0) is 5.41 Å². The number of nitrogens with two attached hydrogens (primary N) is 1. The van der Waals surface area contributed by atoms with E-state index in [9.17, 15) is 13.2 Å². The molecule has 0 radical (unpaired) electrons. The van der Waals surface area contributed by atoms with Crippen LogP contribution in [0.1, 0.15) is 38.8 Å². The van der Waals surface area contributed by atoms with Gasteiger partial charge in [0, 0.05) is 20.7 Å². The number of anilines is 1. The highest BCUT2D eigenvalue weighted by molar-refractivity contribution is 14.1. The Morgan fingerprint density at radius 1 is 0.923 bits per heavy atom. The zero-order chi connectivity index (χ0) is 19.7. The van der Waals surface area contributed by atoms with Crippen molar-refractivity contribution in [2.75, 3.05) is 5.73 Å². The number of hydrogen-bond acceptors (Lipinski definition) is 3. The highest BCUT2D eigenvalue weighted by atomic mass is 127. The second-order valence-electron chi connectivity index (χ2n) is 6.81. The average Bonchev–Trinajstić information content (AvgIpc) is 2.43. The molecular weight excluding hydrogens is 458 g/mol. The number of hydrogen-bond donors (Lipinski definition) is 1. The second-order valence-corrected chi connectivity index (χ2v) is 8.05. The molecule has 0 saturated carbocycles. The van der Waals surface area contributed by atoms with Crippen molar-refractivity contribution < 1.29 is 22.6 Å². The zero-order valence-corrected chi connectivity index (χ0v) is 17.1. The largest absolute Gasteiger partial charge is 0.573 e. The standard InChI is InChI=1S/C19H21F3INO2/c1-11(2)25-16-7-13(8-17(10-16)26-19(20,21)22)18(3,4)12-5-14(23)9-15(24)6-12/h5-11H,24H2,1-4H3. The molecule has 0 amide bonds. The third kappa shape index (κ3) is 5.43. The van der Waals surface area contributed by atoms with Gasteiger partial charge in [0.05, 0.1) is 6.10 Å². The molecule has 2 N–H and O–H groups in total. The molecule has 0 spiro atoms. The van der Waals surface area contributed by atoms with Gasteiger partial charge in [-0.15, -0.1) is 13.2 Å². The van der Waals surface area contributed by atoms with Crippen LogP contribution in [0.5, 0.6) is 11.5 Å². The molecule has 0 atom stereocenters. The van der Waals surface area contributed by atoms with Gasteiger partial charge in [-0.2, -0.15) is 0 Å². The van der Waals surface area contributed by atoms with Crippen molar-refractivity contribution in [2.24, 2.45) is 0 Å². The molecule has 0 saturated heterocycles. The third-order valence-electron chi connectivity index (χ3n) is 3.85. The fraction of sp³-hybridized carbons (Fsp3) is 0.368. The van der Waals surface area contributed by atoms with E-state index < -0.39 is 11.8 Å². The van der Waals surface area contributed by atoms with Crippen LogP contribution in [-0.4, -0.2) is 12.5 Å². The number of benzene rings is 2. The van der Waals surface area contributed by atoms with E-state index in [0.29, 0.717) is 17.0 Å². The van der Waals surface area contributed by atoms with Gasteiger partial charge < -0.3 is 15.2 Å². The minimum atomic E-state index is -4.77. The third-order valence-corrected chi connectivity index (χ3v) is 4.47. The summed E-state index contributed by atoms with van der Waals surface area (Å²) in [4.78, 5) is 0. The minimum Gasteiger partial charge on any atom is -0.491 e. The van der Waals surface area contributed by atoms with Crippen molar-refractivity contribution in [1.82, 2.24) is 0 Å². The van der Waals surface area contributed by atoms with Gasteiger partial charge in [-0.05, 0) is 77.9 Å². The average molecular weight is 479 g/mol. The van der Waals surface area contributed by atoms with Gasteiger partial charge in [0.15, 0.2) is 0 Å². The highest BCUT2D eigenvalue weighted by Gasteiger charge is 2.33. The van der Waals surface area contributed by atoms with Crippen LogP contribution in [0.15, 0.2) is 36.4 Å². The number of alkyl halides is 3. The summed E-state index contributed by atoms with van der Waals surface area (Å²) < 4.78 is 48.8. The normalized spacial score (nSPS) is 12.3. The minimum absolute atomic E-state index is 0.180. The summed E-state index contributed by atoms with van der Waals surface area (Å²) in [6, 6.07) is 9.97. The SMILES string of the molecule is CC(C)Oc1cc(OC(F)(F)F)cc(C(C)(C)c2cc(N)cc(I)c2)c1. The first kappa shape index (κ1) is 20.7. The number of rotatable bonds is 5. The molecular formula is C19H21F3INO2. The first-order valence-corrected chi connectivity index (χ1v) is 9.09. The van der Waals surface area contributed by atoms with E-state index in [-0.39, 0.29) is 11.9 Å². The van der Waals surface area contributed by atoms with E-state index in [2.05, 4.69) is 27.3 Å². The molecule has 3 nitrogen and oxygen atoms in total. The Hall–Kier alpha value is -1.64. The van der Waals surface area contributed by atoms with E-state index in [1.54, 1.807) is 6.07 Å². The lowest BCUT2D eigenvalue weighted by atomic mass is 9.78. The molecule has 7 heteroatoms. The summed E-state index contributed by atoms with van der Waals surface area (Å²) >= 11 is 2.16.